The summed E-state index contributed by atoms with van der Waals surface area (Å²) in [5.41, 5.74) is 0. The van der Waals surface area contributed by atoms with Gasteiger partial charge in [0.2, 0.25) is 0 Å². The Bertz CT molecular complexity index is 267. The molecule has 5 nitrogen and oxygen atoms in total. The molecule has 0 bridgehead atoms. The number of urea groups is 1. The number of ether oxygens (including phenoxy) is 1. The summed E-state index contributed by atoms with van der Waals surface area (Å²) in [4.78, 5) is 13.9. The van der Waals surface area contributed by atoms with E-state index in [9.17, 15) is 4.79 Å². The second-order valence-corrected chi connectivity index (χ2v) is 5.43. The molecule has 18 heavy (non-hydrogen) atoms. The number of amides is 2. The second kappa shape index (κ2) is 6.95. The van der Waals surface area contributed by atoms with Crippen molar-refractivity contribution in [2.24, 2.45) is 0 Å². The van der Waals surface area contributed by atoms with Gasteiger partial charge in [-0.15, -0.1) is 0 Å². The van der Waals surface area contributed by atoms with E-state index in [1.807, 2.05) is 0 Å². The molecule has 0 aromatic rings. The monoisotopic (exact) mass is 255 g/mol. The van der Waals surface area contributed by atoms with Crippen molar-refractivity contribution < 1.29 is 9.53 Å². The summed E-state index contributed by atoms with van der Waals surface area (Å²) in [6.45, 7) is 3.46. The van der Waals surface area contributed by atoms with Gasteiger partial charge in [-0.1, -0.05) is 12.8 Å². The van der Waals surface area contributed by atoms with Crippen LogP contribution in [0.3, 0.4) is 0 Å². The predicted octanol–water partition coefficient (Wildman–Crippen LogP) is 0.949. The van der Waals surface area contributed by atoms with E-state index in [1.165, 1.54) is 12.8 Å². The van der Waals surface area contributed by atoms with Gasteiger partial charge in [-0.25, -0.2) is 4.79 Å². The van der Waals surface area contributed by atoms with Crippen molar-refractivity contribution >= 4 is 6.03 Å². The Morgan fingerprint density at radius 1 is 1.39 bits per heavy atom. The van der Waals surface area contributed by atoms with Gasteiger partial charge in [-0.2, -0.15) is 0 Å². The quantitative estimate of drug-likeness (QED) is 0.786. The highest BCUT2D eigenvalue weighted by Gasteiger charge is 2.19. The Labute approximate surface area is 109 Å². The molecule has 1 aliphatic carbocycles. The van der Waals surface area contributed by atoms with Crippen LogP contribution in [0.1, 0.15) is 32.1 Å². The lowest BCUT2D eigenvalue weighted by molar-refractivity contribution is -0.0224. The van der Waals surface area contributed by atoms with Crippen LogP contribution < -0.4 is 10.6 Å². The van der Waals surface area contributed by atoms with Gasteiger partial charge < -0.3 is 20.3 Å². The van der Waals surface area contributed by atoms with Gasteiger partial charge in [0.15, 0.2) is 0 Å². The average Bonchev–Trinajstić information content (AvgIpc) is 2.82. The highest BCUT2D eigenvalue weighted by molar-refractivity contribution is 5.74. The van der Waals surface area contributed by atoms with Crippen molar-refractivity contribution in [2.45, 2.75) is 44.2 Å². The summed E-state index contributed by atoms with van der Waals surface area (Å²) >= 11 is 0. The molecule has 1 saturated carbocycles. The van der Waals surface area contributed by atoms with E-state index in [1.54, 1.807) is 0 Å². The summed E-state index contributed by atoms with van der Waals surface area (Å²) in [6.07, 6.45) is 5.90. The number of carbonyl (C=O) groups excluding carboxylic acids is 1. The van der Waals surface area contributed by atoms with Crippen LogP contribution in [0.4, 0.5) is 4.79 Å². The first-order valence-electron chi connectivity index (χ1n) is 7.08. The molecule has 2 N–H and O–H groups in total. The molecular formula is C13H25N3O2. The van der Waals surface area contributed by atoms with Crippen LogP contribution in [0, 0.1) is 0 Å². The molecule has 0 spiro atoms. The Hall–Kier alpha value is -0.810. The minimum atomic E-state index is -0.0222. The predicted molar refractivity (Wildman–Crippen MR) is 70.6 cm³/mol. The van der Waals surface area contributed by atoms with Gasteiger partial charge in [0.1, 0.15) is 0 Å². The highest BCUT2D eigenvalue weighted by Crippen LogP contribution is 2.17. The van der Waals surface area contributed by atoms with E-state index in [-0.39, 0.29) is 12.1 Å². The number of morpholine rings is 1. The lowest BCUT2D eigenvalue weighted by atomic mass is 10.2. The number of nitrogens with one attached hydrogen (secondary N) is 2. The highest BCUT2D eigenvalue weighted by atomic mass is 16.5. The maximum Gasteiger partial charge on any atom is 0.315 e. The summed E-state index contributed by atoms with van der Waals surface area (Å²) in [6, 6.07) is 0.369. The molecule has 0 radical (unpaired) electrons. The van der Waals surface area contributed by atoms with E-state index in [0.29, 0.717) is 12.6 Å². The maximum atomic E-state index is 11.6. The standard InChI is InChI=1S/C13H25N3O2/c1-16-8-9-18-12(10-16)6-7-14-13(17)15-11-4-2-3-5-11/h11-12H,2-10H2,1H3,(H2,14,15,17). The van der Waals surface area contributed by atoms with Crippen LogP contribution in [0.5, 0.6) is 0 Å². The Morgan fingerprint density at radius 3 is 2.89 bits per heavy atom. The second-order valence-electron chi connectivity index (χ2n) is 5.43. The SMILES string of the molecule is CN1CCOC(CCNC(=O)NC2CCCC2)C1. The van der Waals surface area contributed by atoms with Crippen LogP contribution in [0.15, 0.2) is 0 Å². The number of nitrogens with zero attached hydrogens (tertiary/aromatic N) is 1. The third-order valence-corrected chi connectivity index (χ3v) is 3.78. The molecule has 2 rings (SSSR count). The van der Waals surface area contributed by atoms with E-state index in [0.717, 1.165) is 39.0 Å². The molecule has 1 atom stereocenters. The number of carbonyl (C=O) groups is 1. The Morgan fingerprint density at radius 2 is 2.17 bits per heavy atom. The molecule has 1 unspecified atom stereocenters. The van der Waals surface area contributed by atoms with Gasteiger partial charge in [-0.3, -0.25) is 0 Å². The molecule has 1 heterocycles. The molecular weight excluding hydrogens is 230 g/mol. The third-order valence-electron chi connectivity index (χ3n) is 3.78. The van der Waals surface area contributed by atoms with Crippen molar-refractivity contribution in [1.82, 2.24) is 15.5 Å². The molecule has 2 fully saturated rings. The van der Waals surface area contributed by atoms with Gasteiger partial charge in [0.25, 0.3) is 0 Å². The van der Waals surface area contributed by atoms with E-state index in [2.05, 4.69) is 22.6 Å². The summed E-state index contributed by atoms with van der Waals surface area (Å²) in [5.74, 6) is 0. The molecule has 5 heteroatoms. The average molecular weight is 255 g/mol. The zero-order valence-corrected chi connectivity index (χ0v) is 11.3. The molecule has 1 saturated heterocycles. The first kappa shape index (κ1) is 13.6. The van der Waals surface area contributed by atoms with E-state index in [4.69, 9.17) is 4.74 Å². The summed E-state index contributed by atoms with van der Waals surface area (Å²) in [7, 11) is 2.11. The van der Waals surface area contributed by atoms with Crippen molar-refractivity contribution in [2.75, 3.05) is 33.3 Å². The van der Waals surface area contributed by atoms with Crippen LogP contribution in [0.2, 0.25) is 0 Å². The summed E-state index contributed by atoms with van der Waals surface area (Å²) < 4.78 is 5.65. The van der Waals surface area contributed by atoms with Crippen LogP contribution in [-0.4, -0.2) is 56.4 Å². The maximum absolute atomic E-state index is 11.6. The normalized spacial score (nSPS) is 26.2. The molecule has 1 aliphatic heterocycles. The fraction of sp³-hybridized carbons (Fsp3) is 0.923. The van der Waals surface area contributed by atoms with Crippen LogP contribution in [0.25, 0.3) is 0 Å². The molecule has 0 aromatic heterocycles. The zero-order valence-electron chi connectivity index (χ0n) is 11.3. The van der Waals surface area contributed by atoms with Gasteiger partial charge >= 0.3 is 6.03 Å². The third kappa shape index (κ3) is 4.46. The van der Waals surface area contributed by atoms with Gasteiger partial charge in [0.05, 0.1) is 12.7 Å². The van der Waals surface area contributed by atoms with Gasteiger partial charge in [-0.05, 0) is 26.3 Å². The largest absolute Gasteiger partial charge is 0.375 e. The van der Waals surface area contributed by atoms with Crippen molar-refractivity contribution in [3.63, 3.8) is 0 Å². The minimum Gasteiger partial charge on any atom is -0.375 e. The lowest BCUT2D eigenvalue weighted by Crippen LogP contribution is -2.44. The first-order valence-corrected chi connectivity index (χ1v) is 7.08. The first-order chi connectivity index (χ1) is 8.74. The lowest BCUT2D eigenvalue weighted by Gasteiger charge is -2.30. The van der Waals surface area contributed by atoms with Crippen molar-refractivity contribution in [3.8, 4) is 0 Å². The number of rotatable bonds is 4. The molecule has 0 aromatic carbocycles. The van der Waals surface area contributed by atoms with E-state index >= 15 is 0 Å². The Kier molecular flexibility index (Phi) is 5.26. The van der Waals surface area contributed by atoms with Crippen LogP contribution >= 0.6 is 0 Å². The summed E-state index contributed by atoms with van der Waals surface area (Å²) in [5, 5.41) is 5.95. The Balaban J connectivity index is 1.55. The van der Waals surface area contributed by atoms with Crippen molar-refractivity contribution in [1.29, 1.82) is 0 Å². The fourth-order valence-corrected chi connectivity index (χ4v) is 2.69. The number of hydrogen-bond donors (Lipinski definition) is 2. The topological polar surface area (TPSA) is 53.6 Å². The minimum absolute atomic E-state index is 0.0222. The smallest absolute Gasteiger partial charge is 0.315 e. The number of likely N-dealkylation sites (N-methyl/N-ethyl adjacent to an activating group) is 1. The van der Waals surface area contributed by atoms with Crippen molar-refractivity contribution in [3.05, 3.63) is 0 Å². The van der Waals surface area contributed by atoms with E-state index < -0.39 is 0 Å². The van der Waals surface area contributed by atoms with Crippen LogP contribution in [-0.2, 0) is 4.74 Å². The number of hydrogen-bond acceptors (Lipinski definition) is 3. The van der Waals surface area contributed by atoms with Gasteiger partial charge in [0, 0.05) is 25.7 Å². The zero-order chi connectivity index (χ0) is 12.8. The molecule has 104 valence electrons. The fourth-order valence-electron chi connectivity index (χ4n) is 2.69. The molecule has 2 amide bonds. The molecule has 2 aliphatic rings.